The molecule has 0 aliphatic carbocycles. The van der Waals surface area contributed by atoms with E-state index in [0.29, 0.717) is 5.69 Å². The van der Waals surface area contributed by atoms with E-state index in [-0.39, 0.29) is 5.57 Å². The largest absolute Gasteiger partial charge is 0.347 e. The molecule has 6 nitrogen and oxygen atoms in total. The molecule has 146 valence electrons. The van der Waals surface area contributed by atoms with Crippen LogP contribution in [0.15, 0.2) is 54.2 Å². The number of urea groups is 1. The number of hydrogen-bond donors (Lipinski definition) is 1. The van der Waals surface area contributed by atoms with Crippen LogP contribution < -0.4 is 10.2 Å². The highest BCUT2D eigenvalue weighted by molar-refractivity contribution is 6.39. The summed E-state index contributed by atoms with van der Waals surface area (Å²) < 4.78 is 2.06. The van der Waals surface area contributed by atoms with E-state index in [1.54, 1.807) is 12.1 Å². The van der Waals surface area contributed by atoms with Crippen LogP contribution in [-0.4, -0.2) is 22.4 Å². The third kappa shape index (κ3) is 3.12. The molecule has 0 radical (unpaired) electrons. The maximum absolute atomic E-state index is 13.2. The summed E-state index contributed by atoms with van der Waals surface area (Å²) in [6, 6.07) is 12.6. The Balaban J connectivity index is 1.84. The molecular formula is C23H21N3O3. The van der Waals surface area contributed by atoms with Crippen molar-refractivity contribution in [1.29, 1.82) is 0 Å². The van der Waals surface area contributed by atoms with Gasteiger partial charge in [0.05, 0.1) is 5.69 Å². The van der Waals surface area contributed by atoms with Crippen molar-refractivity contribution in [2.24, 2.45) is 0 Å². The van der Waals surface area contributed by atoms with Crippen LogP contribution in [0.5, 0.6) is 0 Å². The van der Waals surface area contributed by atoms with E-state index < -0.39 is 17.8 Å². The lowest BCUT2D eigenvalue weighted by atomic mass is 10.0. The van der Waals surface area contributed by atoms with Crippen LogP contribution in [0.3, 0.4) is 0 Å². The first-order valence-electron chi connectivity index (χ1n) is 9.47. The van der Waals surface area contributed by atoms with Crippen LogP contribution in [0.1, 0.15) is 23.6 Å². The molecule has 4 rings (SSSR count). The lowest BCUT2D eigenvalue weighted by molar-refractivity contribution is -0.122. The van der Waals surface area contributed by atoms with Gasteiger partial charge in [-0.2, -0.15) is 0 Å². The van der Waals surface area contributed by atoms with E-state index in [4.69, 9.17) is 0 Å². The van der Waals surface area contributed by atoms with Crippen molar-refractivity contribution in [1.82, 2.24) is 9.88 Å². The fourth-order valence-electron chi connectivity index (χ4n) is 3.64. The highest BCUT2D eigenvalue weighted by Crippen LogP contribution is 2.28. The first-order valence-corrected chi connectivity index (χ1v) is 9.47. The maximum atomic E-state index is 13.2. The number of imide groups is 2. The molecule has 1 N–H and O–H groups in total. The number of nitrogens with one attached hydrogen (secondary N) is 1. The molecule has 1 aliphatic heterocycles. The van der Waals surface area contributed by atoms with Crippen molar-refractivity contribution in [2.45, 2.75) is 27.3 Å². The Morgan fingerprint density at radius 2 is 1.79 bits per heavy atom. The van der Waals surface area contributed by atoms with Gasteiger partial charge in [0.1, 0.15) is 5.57 Å². The smallest absolute Gasteiger partial charge is 0.335 e. The van der Waals surface area contributed by atoms with E-state index in [0.717, 1.165) is 39.0 Å². The molecule has 6 heteroatoms. The van der Waals surface area contributed by atoms with Gasteiger partial charge in [-0.15, -0.1) is 0 Å². The first kappa shape index (κ1) is 18.7. The van der Waals surface area contributed by atoms with Crippen LogP contribution in [0, 0.1) is 13.8 Å². The Morgan fingerprint density at radius 1 is 1.03 bits per heavy atom. The minimum atomic E-state index is -0.734. The number of benzene rings is 2. The van der Waals surface area contributed by atoms with E-state index in [9.17, 15) is 14.4 Å². The van der Waals surface area contributed by atoms with Crippen molar-refractivity contribution in [3.63, 3.8) is 0 Å². The number of rotatable bonds is 3. The summed E-state index contributed by atoms with van der Waals surface area (Å²) >= 11 is 0. The Morgan fingerprint density at radius 3 is 2.55 bits per heavy atom. The third-order valence-electron chi connectivity index (χ3n) is 5.17. The highest BCUT2D eigenvalue weighted by atomic mass is 16.2. The van der Waals surface area contributed by atoms with E-state index in [1.807, 2.05) is 63.4 Å². The van der Waals surface area contributed by atoms with Gasteiger partial charge in [-0.05, 0) is 50.1 Å². The summed E-state index contributed by atoms with van der Waals surface area (Å²) in [6.45, 7) is 6.50. The standard InChI is InChI=1S/C23H21N3O3/c1-4-25-13-16(17-7-5-6-8-19(17)25)12-18-21(27)24-23(29)26(22(18)28)20-11-14(2)9-10-15(20)3/h5-13H,4H2,1-3H3,(H,24,27,29). The molecule has 0 bridgehead atoms. The average Bonchev–Trinajstić information content (AvgIpc) is 3.05. The molecule has 3 aromatic rings. The van der Waals surface area contributed by atoms with Crippen LogP contribution >= 0.6 is 0 Å². The number of para-hydroxylation sites is 1. The SMILES string of the molecule is CCn1cc(C=C2C(=O)NC(=O)N(c3cc(C)ccc3C)C2=O)c2ccccc21. The van der Waals surface area contributed by atoms with Crippen LogP contribution in [0.25, 0.3) is 17.0 Å². The number of hydrogen-bond acceptors (Lipinski definition) is 3. The summed E-state index contributed by atoms with van der Waals surface area (Å²) in [5.41, 5.74) is 3.88. The molecule has 1 saturated heterocycles. The predicted octanol–water partition coefficient (Wildman–Crippen LogP) is 3.94. The number of nitrogens with zero attached hydrogens (tertiary/aromatic N) is 2. The predicted molar refractivity (Wildman–Crippen MR) is 113 cm³/mol. The van der Waals surface area contributed by atoms with Crippen molar-refractivity contribution in [2.75, 3.05) is 4.90 Å². The summed E-state index contributed by atoms with van der Waals surface area (Å²) in [6.07, 6.45) is 3.48. The third-order valence-corrected chi connectivity index (χ3v) is 5.17. The van der Waals surface area contributed by atoms with Gasteiger partial charge in [-0.3, -0.25) is 14.9 Å². The van der Waals surface area contributed by atoms with Gasteiger partial charge >= 0.3 is 6.03 Å². The van der Waals surface area contributed by atoms with E-state index in [2.05, 4.69) is 9.88 Å². The van der Waals surface area contributed by atoms with Crippen molar-refractivity contribution >= 4 is 40.5 Å². The minimum Gasteiger partial charge on any atom is -0.347 e. The molecule has 29 heavy (non-hydrogen) atoms. The van der Waals surface area contributed by atoms with Gasteiger partial charge in [0.25, 0.3) is 11.8 Å². The Hall–Kier alpha value is -3.67. The number of fused-ring (bicyclic) bond motifs is 1. The molecule has 1 aromatic heterocycles. The average molecular weight is 387 g/mol. The van der Waals surface area contributed by atoms with Gasteiger partial charge in [0.2, 0.25) is 0 Å². The monoisotopic (exact) mass is 387 g/mol. The molecule has 2 aromatic carbocycles. The van der Waals surface area contributed by atoms with Crippen molar-refractivity contribution < 1.29 is 14.4 Å². The zero-order chi connectivity index (χ0) is 20.7. The number of aromatic nitrogens is 1. The molecule has 0 atom stereocenters. The first-order chi connectivity index (χ1) is 13.9. The van der Waals surface area contributed by atoms with Gasteiger partial charge in [0, 0.05) is 29.2 Å². The second-order valence-corrected chi connectivity index (χ2v) is 7.14. The van der Waals surface area contributed by atoms with Gasteiger partial charge in [0.15, 0.2) is 0 Å². The zero-order valence-electron chi connectivity index (χ0n) is 16.5. The summed E-state index contributed by atoms with van der Waals surface area (Å²) in [5, 5.41) is 3.24. The topological polar surface area (TPSA) is 71.4 Å². The molecule has 0 saturated carbocycles. The van der Waals surface area contributed by atoms with E-state index >= 15 is 0 Å². The number of carbonyl (C=O) groups is 3. The number of anilines is 1. The molecule has 4 amide bonds. The molecule has 0 spiro atoms. The van der Waals surface area contributed by atoms with Gasteiger partial charge in [-0.25, -0.2) is 9.69 Å². The summed E-state index contributed by atoms with van der Waals surface area (Å²) in [4.78, 5) is 39.2. The van der Waals surface area contributed by atoms with Crippen LogP contribution in [0.2, 0.25) is 0 Å². The minimum absolute atomic E-state index is 0.0653. The second kappa shape index (κ2) is 7.05. The number of aryl methyl sites for hydroxylation is 3. The number of amides is 4. The molecule has 2 heterocycles. The molecule has 0 unspecified atom stereocenters. The quantitative estimate of drug-likeness (QED) is 0.546. The molecular weight excluding hydrogens is 366 g/mol. The Bertz CT molecular complexity index is 1200. The Kier molecular flexibility index (Phi) is 4.54. The molecule has 1 aliphatic rings. The Labute approximate surface area is 168 Å². The van der Waals surface area contributed by atoms with Gasteiger partial charge < -0.3 is 4.57 Å². The normalized spacial score (nSPS) is 16.0. The van der Waals surface area contributed by atoms with Gasteiger partial charge in [-0.1, -0.05) is 30.3 Å². The lowest BCUT2D eigenvalue weighted by Crippen LogP contribution is -2.54. The fourth-order valence-corrected chi connectivity index (χ4v) is 3.64. The highest BCUT2D eigenvalue weighted by Gasteiger charge is 2.37. The summed E-state index contributed by atoms with van der Waals surface area (Å²) in [5.74, 6) is -1.31. The van der Waals surface area contributed by atoms with Crippen LogP contribution in [-0.2, 0) is 16.1 Å². The van der Waals surface area contributed by atoms with Crippen molar-refractivity contribution in [3.05, 3.63) is 70.9 Å². The van der Waals surface area contributed by atoms with Crippen molar-refractivity contribution in [3.8, 4) is 0 Å². The number of carbonyl (C=O) groups excluding carboxylic acids is 3. The number of barbiturate groups is 1. The van der Waals surface area contributed by atoms with E-state index in [1.165, 1.54) is 0 Å². The molecule has 1 fully saturated rings. The second-order valence-electron chi connectivity index (χ2n) is 7.14. The zero-order valence-corrected chi connectivity index (χ0v) is 16.5. The summed E-state index contributed by atoms with van der Waals surface area (Å²) in [7, 11) is 0. The maximum Gasteiger partial charge on any atom is 0.335 e. The lowest BCUT2D eigenvalue weighted by Gasteiger charge is -2.27. The van der Waals surface area contributed by atoms with Crippen LogP contribution in [0.4, 0.5) is 10.5 Å². The fraction of sp³-hybridized carbons (Fsp3) is 0.174.